The van der Waals surface area contributed by atoms with Gasteiger partial charge in [0.15, 0.2) is 5.75 Å². The van der Waals surface area contributed by atoms with Gasteiger partial charge in [0.25, 0.3) is 0 Å². The number of urea groups is 1. The van der Waals surface area contributed by atoms with Crippen molar-refractivity contribution in [1.82, 2.24) is 5.01 Å². The van der Waals surface area contributed by atoms with E-state index in [1.807, 2.05) is 13.0 Å². The Hall–Kier alpha value is -3.70. The van der Waals surface area contributed by atoms with E-state index < -0.39 is 11.0 Å². The third-order valence-electron chi connectivity index (χ3n) is 4.33. The Kier molecular flexibility index (Phi) is 7.28. The highest BCUT2D eigenvalue weighted by Crippen LogP contribution is 2.31. The van der Waals surface area contributed by atoms with Gasteiger partial charge < -0.3 is 9.57 Å². The molecule has 2 aromatic carbocycles. The zero-order chi connectivity index (χ0) is 22.4. The molecule has 0 aliphatic heterocycles. The number of benzene rings is 2. The normalized spacial score (nSPS) is 11.1. The molecular formula is C19H24N6O5. The lowest BCUT2D eigenvalue weighted by Gasteiger charge is -2.24. The van der Waals surface area contributed by atoms with Crippen molar-refractivity contribution in [2.45, 2.75) is 20.5 Å². The van der Waals surface area contributed by atoms with E-state index in [0.717, 1.165) is 15.6 Å². The Morgan fingerprint density at radius 2 is 1.97 bits per heavy atom. The number of anilines is 1. The first-order valence-corrected chi connectivity index (χ1v) is 8.82. The van der Waals surface area contributed by atoms with Crippen LogP contribution in [0.4, 0.5) is 16.2 Å². The topological polar surface area (TPSA) is 150 Å². The molecule has 0 heterocycles. The number of nitro groups is 1. The third kappa shape index (κ3) is 5.01. The maximum atomic E-state index is 12.1. The van der Waals surface area contributed by atoms with Crippen molar-refractivity contribution >= 4 is 23.1 Å². The number of oxime groups is 1. The number of nitrogens with two attached hydrogens (primary N) is 2. The van der Waals surface area contributed by atoms with Gasteiger partial charge in [-0.2, -0.15) is 0 Å². The highest BCUT2D eigenvalue weighted by molar-refractivity contribution is 5.99. The summed E-state index contributed by atoms with van der Waals surface area (Å²) in [6, 6.07) is 9.02. The van der Waals surface area contributed by atoms with E-state index in [9.17, 15) is 14.9 Å². The number of nitrogens with zero attached hydrogens (tertiary/aromatic N) is 4. The van der Waals surface area contributed by atoms with E-state index in [1.165, 1.54) is 26.3 Å². The summed E-state index contributed by atoms with van der Waals surface area (Å²) in [6.07, 6.45) is 0. The molecule has 2 rings (SSSR count). The molecule has 0 aliphatic rings. The molecule has 0 saturated heterocycles. The first kappa shape index (κ1) is 22.6. The molecule has 30 heavy (non-hydrogen) atoms. The van der Waals surface area contributed by atoms with Crippen molar-refractivity contribution in [2.24, 2.45) is 16.8 Å². The van der Waals surface area contributed by atoms with Crippen LogP contribution in [0, 0.1) is 17.0 Å². The molecule has 11 heteroatoms. The molecule has 0 fully saturated rings. The quantitative estimate of drug-likeness (QED) is 0.231. The SMILES string of the molecule is CON=C(C)c1ccc(OCc2c(C)cccc2N(N)C(=O)N(C)N)c([N+](=O)[O-])c1. The standard InChI is InChI=1S/C19H24N6O5/c1-12-6-5-7-16(24(21)19(26)23(3)20)15(12)11-30-18-9-8-14(13(2)22-29-4)10-17(18)25(27)28/h5-10H,11,20-21H2,1-4H3. The van der Waals surface area contributed by atoms with E-state index in [2.05, 4.69) is 5.16 Å². The highest BCUT2D eigenvalue weighted by Gasteiger charge is 2.21. The number of carbonyl (C=O) groups excluding carboxylic acids is 1. The summed E-state index contributed by atoms with van der Waals surface area (Å²) in [5.41, 5.74) is 2.53. The summed E-state index contributed by atoms with van der Waals surface area (Å²) >= 11 is 0. The predicted molar refractivity (Wildman–Crippen MR) is 112 cm³/mol. The molecule has 160 valence electrons. The van der Waals surface area contributed by atoms with Crippen molar-refractivity contribution in [3.63, 3.8) is 0 Å². The van der Waals surface area contributed by atoms with Crippen molar-refractivity contribution in [3.05, 3.63) is 63.2 Å². The van der Waals surface area contributed by atoms with Crippen LogP contribution in [-0.4, -0.2) is 35.8 Å². The van der Waals surface area contributed by atoms with E-state index in [4.69, 9.17) is 21.3 Å². The lowest BCUT2D eigenvalue weighted by atomic mass is 10.1. The number of hydrogen-bond donors (Lipinski definition) is 2. The van der Waals surface area contributed by atoms with Gasteiger partial charge in [0, 0.05) is 24.2 Å². The van der Waals surface area contributed by atoms with Gasteiger partial charge in [0.2, 0.25) is 0 Å². The van der Waals surface area contributed by atoms with Gasteiger partial charge >= 0.3 is 11.7 Å². The summed E-state index contributed by atoms with van der Waals surface area (Å²) in [6.45, 7) is 3.43. The lowest BCUT2D eigenvalue weighted by molar-refractivity contribution is -0.386. The first-order valence-electron chi connectivity index (χ1n) is 8.82. The fraction of sp³-hybridized carbons (Fsp3) is 0.263. The van der Waals surface area contributed by atoms with Crippen molar-refractivity contribution in [1.29, 1.82) is 0 Å². The summed E-state index contributed by atoms with van der Waals surface area (Å²) < 4.78 is 5.74. The second-order valence-electron chi connectivity index (χ2n) is 6.42. The number of hydrogen-bond acceptors (Lipinski definition) is 8. The van der Waals surface area contributed by atoms with Crippen LogP contribution in [0.15, 0.2) is 41.6 Å². The fourth-order valence-corrected chi connectivity index (χ4v) is 2.72. The van der Waals surface area contributed by atoms with Gasteiger partial charge in [0.1, 0.15) is 13.7 Å². The van der Waals surface area contributed by atoms with Crippen molar-refractivity contribution in [2.75, 3.05) is 19.2 Å². The van der Waals surface area contributed by atoms with Crippen LogP contribution in [0.5, 0.6) is 5.75 Å². The van der Waals surface area contributed by atoms with Crippen LogP contribution in [0.2, 0.25) is 0 Å². The molecule has 0 saturated carbocycles. The number of carbonyl (C=O) groups is 1. The number of rotatable bonds is 7. The predicted octanol–water partition coefficient (Wildman–Crippen LogP) is 2.46. The molecule has 0 aliphatic carbocycles. The number of nitro benzene ring substituents is 1. The van der Waals surface area contributed by atoms with Crippen LogP contribution in [0.3, 0.4) is 0 Å². The summed E-state index contributed by atoms with van der Waals surface area (Å²) in [5, 5.41) is 17.1. The molecule has 0 unspecified atom stereocenters. The summed E-state index contributed by atoms with van der Waals surface area (Å²) in [5.74, 6) is 11.5. The minimum Gasteiger partial charge on any atom is -0.482 e. The molecule has 0 bridgehead atoms. The molecule has 0 aromatic heterocycles. The van der Waals surface area contributed by atoms with E-state index in [-0.39, 0.29) is 18.0 Å². The van der Waals surface area contributed by atoms with Gasteiger partial charge in [-0.25, -0.2) is 21.5 Å². The highest BCUT2D eigenvalue weighted by atomic mass is 16.6. The second kappa shape index (κ2) is 9.67. The molecule has 0 spiro atoms. The van der Waals surface area contributed by atoms with Crippen LogP contribution in [0.1, 0.15) is 23.6 Å². The number of ether oxygens (including phenoxy) is 1. The minimum atomic E-state index is -0.634. The lowest BCUT2D eigenvalue weighted by Crippen LogP contribution is -2.49. The maximum absolute atomic E-state index is 12.1. The number of amides is 2. The van der Waals surface area contributed by atoms with Gasteiger partial charge in [-0.1, -0.05) is 17.3 Å². The van der Waals surface area contributed by atoms with Gasteiger partial charge in [0.05, 0.1) is 16.3 Å². The largest absolute Gasteiger partial charge is 0.482 e. The smallest absolute Gasteiger partial charge is 0.352 e. The molecule has 0 radical (unpaired) electrons. The number of hydrazine groups is 2. The summed E-state index contributed by atoms with van der Waals surface area (Å²) in [4.78, 5) is 27.8. The van der Waals surface area contributed by atoms with Gasteiger partial charge in [-0.05, 0) is 37.6 Å². The van der Waals surface area contributed by atoms with Gasteiger partial charge in [-0.3, -0.25) is 15.1 Å². The molecule has 4 N–H and O–H groups in total. The van der Waals surface area contributed by atoms with E-state index in [1.54, 1.807) is 25.1 Å². The van der Waals surface area contributed by atoms with Crippen LogP contribution in [-0.2, 0) is 11.4 Å². The van der Waals surface area contributed by atoms with Crippen LogP contribution in [0.25, 0.3) is 0 Å². The zero-order valence-electron chi connectivity index (χ0n) is 17.2. The Balaban J connectivity index is 2.37. The maximum Gasteiger partial charge on any atom is 0.352 e. The molecular weight excluding hydrogens is 392 g/mol. The Morgan fingerprint density at radius 1 is 1.27 bits per heavy atom. The van der Waals surface area contributed by atoms with E-state index >= 15 is 0 Å². The Bertz CT molecular complexity index is 976. The minimum absolute atomic E-state index is 0.0530. The second-order valence-corrected chi connectivity index (χ2v) is 6.42. The third-order valence-corrected chi connectivity index (χ3v) is 4.33. The zero-order valence-corrected chi connectivity index (χ0v) is 17.2. The Labute approximate surface area is 173 Å². The van der Waals surface area contributed by atoms with Crippen molar-refractivity contribution in [3.8, 4) is 5.75 Å². The van der Waals surface area contributed by atoms with Crippen molar-refractivity contribution < 1.29 is 19.3 Å². The van der Waals surface area contributed by atoms with Crippen LogP contribution >= 0.6 is 0 Å². The molecule has 0 atom stereocenters. The first-order chi connectivity index (χ1) is 14.2. The number of aryl methyl sites for hydroxylation is 1. The molecule has 2 aromatic rings. The monoisotopic (exact) mass is 416 g/mol. The molecule has 2 amide bonds. The van der Waals surface area contributed by atoms with Gasteiger partial charge in [-0.15, -0.1) is 0 Å². The Morgan fingerprint density at radius 3 is 2.57 bits per heavy atom. The fourth-order valence-electron chi connectivity index (χ4n) is 2.72. The average molecular weight is 416 g/mol. The van der Waals surface area contributed by atoms with Crippen LogP contribution < -0.4 is 21.4 Å². The average Bonchev–Trinajstić information content (AvgIpc) is 2.71. The summed E-state index contributed by atoms with van der Waals surface area (Å²) in [7, 11) is 2.76. The van der Waals surface area contributed by atoms with E-state index in [0.29, 0.717) is 22.5 Å². The molecule has 11 nitrogen and oxygen atoms in total.